The highest BCUT2D eigenvalue weighted by molar-refractivity contribution is 5.92. The second kappa shape index (κ2) is 10.3. The molecular formula is C14H24N2O3. The highest BCUT2D eigenvalue weighted by Gasteiger charge is 2.08. The monoisotopic (exact) mass is 268 g/mol. The van der Waals surface area contributed by atoms with Crippen molar-refractivity contribution in [3.63, 3.8) is 0 Å². The van der Waals surface area contributed by atoms with Gasteiger partial charge in [-0.2, -0.15) is 0 Å². The summed E-state index contributed by atoms with van der Waals surface area (Å²) in [7, 11) is 0. The minimum atomic E-state index is -0.923. The van der Waals surface area contributed by atoms with Crippen molar-refractivity contribution in [3.8, 4) is 0 Å². The third-order valence-corrected chi connectivity index (χ3v) is 2.70. The summed E-state index contributed by atoms with van der Waals surface area (Å²) in [5.74, 6) is -1.19. The quantitative estimate of drug-likeness (QED) is 0.414. The van der Waals surface area contributed by atoms with E-state index in [4.69, 9.17) is 5.11 Å². The van der Waals surface area contributed by atoms with Crippen molar-refractivity contribution in [2.24, 2.45) is 0 Å². The van der Waals surface area contributed by atoms with E-state index in [0.717, 1.165) is 19.5 Å². The highest BCUT2D eigenvalue weighted by Crippen LogP contribution is 2.10. The number of carboxylic acids is 1. The van der Waals surface area contributed by atoms with Gasteiger partial charge in [-0.15, -0.1) is 0 Å². The molecule has 0 aliphatic carbocycles. The summed E-state index contributed by atoms with van der Waals surface area (Å²) in [6.45, 7) is 9.62. The number of likely N-dealkylation sites (N-methyl/N-ethyl adjacent to an activating group) is 1. The first-order valence-electron chi connectivity index (χ1n) is 6.53. The zero-order chi connectivity index (χ0) is 14.7. The van der Waals surface area contributed by atoms with Crippen LogP contribution in [0.2, 0.25) is 0 Å². The maximum Gasteiger partial charge on any atom is 0.305 e. The number of rotatable bonds is 10. The molecule has 0 aliphatic rings. The number of carbonyl (C=O) groups excluding carboxylic acids is 1. The lowest BCUT2D eigenvalue weighted by Crippen LogP contribution is -2.27. The molecule has 0 saturated carbocycles. The van der Waals surface area contributed by atoms with E-state index < -0.39 is 5.97 Å². The summed E-state index contributed by atoms with van der Waals surface area (Å²) in [5.41, 5.74) is 1.72. The van der Waals surface area contributed by atoms with E-state index in [-0.39, 0.29) is 18.9 Å². The van der Waals surface area contributed by atoms with Crippen molar-refractivity contribution in [3.05, 3.63) is 23.8 Å². The molecule has 3 N–H and O–H groups in total. The predicted octanol–water partition coefficient (Wildman–Crippen LogP) is 1.47. The smallest absolute Gasteiger partial charge is 0.305 e. The SMILES string of the molecule is C=C(CC/C(=C\C)CNCC)C(=O)NCCC(=O)O. The van der Waals surface area contributed by atoms with Crippen LogP contribution in [0.5, 0.6) is 0 Å². The lowest BCUT2D eigenvalue weighted by atomic mass is 10.0. The number of carbonyl (C=O) groups is 2. The molecular weight excluding hydrogens is 244 g/mol. The summed E-state index contributed by atoms with van der Waals surface area (Å²) in [6.07, 6.45) is 3.34. The van der Waals surface area contributed by atoms with Crippen LogP contribution in [0, 0.1) is 0 Å². The fourth-order valence-electron chi connectivity index (χ4n) is 1.45. The second-order valence-corrected chi connectivity index (χ2v) is 4.23. The van der Waals surface area contributed by atoms with Crippen LogP contribution in [-0.2, 0) is 9.59 Å². The molecule has 5 heteroatoms. The molecule has 108 valence electrons. The Morgan fingerprint density at radius 2 is 1.95 bits per heavy atom. The zero-order valence-corrected chi connectivity index (χ0v) is 11.8. The van der Waals surface area contributed by atoms with Crippen LogP contribution in [0.1, 0.15) is 33.1 Å². The molecule has 0 bridgehead atoms. The lowest BCUT2D eigenvalue weighted by Gasteiger charge is -2.09. The largest absolute Gasteiger partial charge is 0.481 e. The van der Waals surface area contributed by atoms with Crippen molar-refractivity contribution < 1.29 is 14.7 Å². The molecule has 0 fully saturated rings. The first kappa shape index (κ1) is 17.4. The van der Waals surface area contributed by atoms with Gasteiger partial charge in [-0.05, 0) is 26.3 Å². The van der Waals surface area contributed by atoms with E-state index >= 15 is 0 Å². The van der Waals surface area contributed by atoms with E-state index in [1.165, 1.54) is 5.57 Å². The minimum absolute atomic E-state index is 0.0699. The summed E-state index contributed by atoms with van der Waals surface area (Å²) < 4.78 is 0. The number of allylic oxidation sites excluding steroid dienone is 1. The molecule has 0 heterocycles. The Balaban J connectivity index is 3.95. The number of amides is 1. The number of hydrogen-bond donors (Lipinski definition) is 3. The fourth-order valence-corrected chi connectivity index (χ4v) is 1.45. The van der Waals surface area contributed by atoms with Gasteiger partial charge in [0, 0.05) is 18.7 Å². The number of aliphatic carboxylic acids is 1. The van der Waals surface area contributed by atoms with Crippen molar-refractivity contribution >= 4 is 11.9 Å². The van der Waals surface area contributed by atoms with E-state index in [9.17, 15) is 9.59 Å². The first-order chi connectivity index (χ1) is 9.01. The normalized spacial score (nSPS) is 11.2. The average Bonchev–Trinajstić information content (AvgIpc) is 2.38. The van der Waals surface area contributed by atoms with Crippen LogP contribution in [0.3, 0.4) is 0 Å². The number of hydrogen-bond acceptors (Lipinski definition) is 3. The molecule has 0 rings (SSSR count). The van der Waals surface area contributed by atoms with Crippen LogP contribution in [0.4, 0.5) is 0 Å². The van der Waals surface area contributed by atoms with Gasteiger partial charge in [-0.25, -0.2) is 0 Å². The Labute approximate surface area is 114 Å². The van der Waals surface area contributed by atoms with Gasteiger partial charge < -0.3 is 15.7 Å². The van der Waals surface area contributed by atoms with Gasteiger partial charge in [0.2, 0.25) is 5.91 Å². The van der Waals surface area contributed by atoms with Gasteiger partial charge in [-0.3, -0.25) is 9.59 Å². The Hall–Kier alpha value is -1.62. The molecule has 1 amide bonds. The van der Waals surface area contributed by atoms with Crippen molar-refractivity contribution in [1.29, 1.82) is 0 Å². The van der Waals surface area contributed by atoms with Gasteiger partial charge in [-0.1, -0.05) is 25.2 Å². The Morgan fingerprint density at radius 1 is 1.26 bits per heavy atom. The van der Waals surface area contributed by atoms with Crippen LogP contribution in [0.15, 0.2) is 23.8 Å². The van der Waals surface area contributed by atoms with Crippen molar-refractivity contribution in [1.82, 2.24) is 10.6 Å². The maximum atomic E-state index is 11.6. The molecule has 0 radical (unpaired) electrons. The summed E-state index contributed by atoms with van der Waals surface area (Å²) in [4.78, 5) is 21.9. The first-order valence-corrected chi connectivity index (χ1v) is 6.53. The molecule has 0 aromatic heterocycles. The van der Waals surface area contributed by atoms with E-state index in [0.29, 0.717) is 12.0 Å². The van der Waals surface area contributed by atoms with Crippen LogP contribution in [-0.4, -0.2) is 36.6 Å². The van der Waals surface area contributed by atoms with Crippen molar-refractivity contribution in [2.75, 3.05) is 19.6 Å². The molecule has 0 atom stereocenters. The number of nitrogens with one attached hydrogen (secondary N) is 2. The predicted molar refractivity (Wildman–Crippen MR) is 75.9 cm³/mol. The third kappa shape index (κ3) is 9.02. The van der Waals surface area contributed by atoms with Gasteiger partial charge >= 0.3 is 5.97 Å². The summed E-state index contributed by atoms with van der Waals surface area (Å²) in [5, 5.41) is 14.2. The topological polar surface area (TPSA) is 78.4 Å². The fraction of sp³-hybridized carbons (Fsp3) is 0.571. The lowest BCUT2D eigenvalue weighted by molar-refractivity contribution is -0.136. The summed E-state index contributed by atoms with van der Waals surface area (Å²) in [6, 6.07) is 0. The molecule has 0 aromatic rings. The Bertz CT molecular complexity index is 349. The average molecular weight is 268 g/mol. The molecule has 0 aromatic carbocycles. The number of carboxylic acid groups (broad SMARTS) is 1. The van der Waals surface area contributed by atoms with Crippen molar-refractivity contribution in [2.45, 2.75) is 33.1 Å². The summed E-state index contributed by atoms with van der Waals surface area (Å²) >= 11 is 0. The van der Waals surface area contributed by atoms with Gasteiger partial charge in [0.25, 0.3) is 0 Å². The minimum Gasteiger partial charge on any atom is -0.481 e. The van der Waals surface area contributed by atoms with E-state index in [2.05, 4.69) is 17.2 Å². The molecule has 5 nitrogen and oxygen atoms in total. The molecule has 0 spiro atoms. The Morgan fingerprint density at radius 3 is 2.47 bits per heavy atom. The van der Waals surface area contributed by atoms with E-state index in [1.54, 1.807) is 0 Å². The second-order valence-electron chi connectivity index (χ2n) is 4.23. The molecule has 0 unspecified atom stereocenters. The van der Waals surface area contributed by atoms with Gasteiger partial charge in [0.1, 0.15) is 0 Å². The Kier molecular flexibility index (Phi) is 9.44. The standard InChI is InChI=1S/C14H24N2O3/c1-4-12(10-15-5-2)7-6-11(3)14(19)16-9-8-13(17)18/h4,15H,3,5-10H2,1-2H3,(H,16,19)(H,17,18)/b12-4+. The van der Waals surface area contributed by atoms with Crippen LogP contribution >= 0.6 is 0 Å². The van der Waals surface area contributed by atoms with Gasteiger partial charge in [0.05, 0.1) is 6.42 Å². The van der Waals surface area contributed by atoms with Crippen LogP contribution in [0.25, 0.3) is 0 Å². The maximum absolute atomic E-state index is 11.6. The van der Waals surface area contributed by atoms with Gasteiger partial charge in [0.15, 0.2) is 0 Å². The third-order valence-electron chi connectivity index (χ3n) is 2.70. The molecule has 0 aliphatic heterocycles. The highest BCUT2D eigenvalue weighted by atomic mass is 16.4. The molecule has 19 heavy (non-hydrogen) atoms. The molecule has 0 saturated heterocycles. The van der Waals surface area contributed by atoms with Crippen LogP contribution < -0.4 is 10.6 Å². The zero-order valence-electron chi connectivity index (χ0n) is 11.8. The van der Waals surface area contributed by atoms with E-state index in [1.807, 2.05) is 19.9 Å².